The van der Waals surface area contributed by atoms with Gasteiger partial charge in [0, 0.05) is 44.2 Å². The Bertz CT molecular complexity index is 827. The Labute approximate surface area is 163 Å². The number of aromatic nitrogens is 2. The van der Waals surface area contributed by atoms with E-state index in [1.54, 1.807) is 6.07 Å². The van der Waals surface area contributed by atoms with Crippen molar-refractivity contribution in [3.8, 4) is 0 Å². The second kappa shape index (κ2) is 7.12. The molecule has 2 heterocycles. The maximum atomic E-state index is 13.0. The number of piperazine rings is 1. The summed E-state index contributed by atoms with van der Waals surface area (Å²) >= 11 is 12.5. The molecule has 1 fully saturated rings. The molecule has 26 heavy (non-hydrogen) atoms. The monoisotopic (exact) mass is 392 g/mol. The van der Waals surface area contributed by atoms with Crippen molar-refractivity contribution < 1.29 is 4.79 Å². The topological polar surface area (TPSA) is 52.2 Å². The zero-order chi connectivity index (χ0) is 18.3. The number of rotatable bonds is 2. The molecular formula is C19H22Cl2N4O. The average Bonchev–Trinajstić information content (AvgIpc) is 3.03. The number of carbonyl (C=O) groups excluding carboxylic acids is 1. The van der Waals surface area contributed by atoms with Gasteiger partial charge in [0.15, 0.2) is 0 Å². The van der Waals surface area contributed by atoms with E-state index in [4.69, 9.17) is 23.2 Å². The number of anilines is 1. The summed E-state index contributed by atoms with van der Waals surface area (Å²) < 4.78 is 0. The Morgan fingerprint density at radius 1 is 1.23 bits per heavy atom. The number of hydrogen-bond donors (Lipinski definition) is 1. The van der Waals surface area contributed by atoms with Crippen LogP contribution in [0.15, 0.2) is 18.2 Å². The van der Waals surface area contributed by atoms with E-state index in [1.807, 2.05) is 24.0 Å². The number of halogens is 2. The van der Waals surface area contributed by atoms with Gasteiger partial charge < -0.3 is 14.8 Å². The SMILES string of the molecule is Cc1nc2c([nH]1)CC(C(=O)N1CCN(c3cccc(Cl)c3Cl)CC1)CC2. The number of carbonyl (C=O) groups is 1. The number of hydrogen-bond acceptors (Lipinski definition) is 3. The molecule has 4 rings (SSSR count). The second-order valence-electron chi connectivity index (χ2n) is 7.07. The number of aromatic amines is 1. The Morgan fingerprint density at radius 2 is 2.00 bits per heavy atom. The molecule has 0 spiro atoms. The highest BCUT2D eigenvalue weighted by Gasteiger charge is 2.31. The molecule has 1 aromatic heterocycles. The van der Waals surface area contributed by atoms with E-state index < -0.39 is 0 Å². The molecule has 2 aliphatic rings. The molecule has 138 valence electrons. The first-order chi connectivity index (χ1) is 12.5. The third-order valence-corrected chi connectivity index (χ3v) is 6.18. The lowest BCUT2D eigenvalue weighted by Gasteiger charge is -2.38. The van der Waals surface area contributed by atoms with E-state index in [0.717, 1.165) is 55.3 Å². The maximum absolute atomic E-state index is 13.0. The first kappa shape index (κ1) is 17.7. The van der Waals surface area contributed by atoms with Gasteiger partial charge in [-0.3, -0.25) is 4.79 Å². The van der Waals surface area contributed by atoms with Crippen LogP contribution < -0.4 is 4.90 Å². The number of nitrogens with one attached hydrogen (secondary N) is 1. The third kappa shape index (κ3) is 3.30. The molecule has 1 amide bonds. The number of benzene rings is 1. The van der Waals surface area contributed by atoms with Gasteiger partial charge in [0.05, 0.1) is 21.4 Å². The van der Waals surface area contributed by atoms with Crippen LogP contribution in [-0.4, -0.2) is 47.0 Å². The molecule has 1 N–H and O–H groups in total. The highest BCUT2D eigenvalue weighted by molar-refractivity contribution is 6.43. The molecule has 1 aliphatic carbocycles. The van der Waals surface area contributed by atoms with E-state index >= 15 is 0 Å². The standard InChI is InChI=1S/C19H22Cl2N4O/c1-12-22-15-6-5-13(11-16(15)23-12)19(26)25-9-7-24(8-10-25)17-4-2-3-14(20)18(17)21/h2-4,13H,5-11H2,1H3,(H,22,23). The summed E-state index contributed by atoms with van der Waals surface area (Å²) in [7, 11) is 0. The predicted octanol–water partition coefficient (Wildman–Crippen LogP) is 3.48. The molecule has 2 aromatic rings. The van der Waals surface area contributed by atoms with E-state index in [-0.39, 0.29) is 11.8 Å². The van der Waals surface area contributed by atoms with Gasteiger partial charge in [-0.05, 0) is 31.9 Å². The maximum Gasteiger partial charge on any atom is 0.226 e. The minimum Gasteiger partial charge on any atom is -0.367 e. The Hall–Kier alpha value is -1.72. The zero-order valence-electron chi connectivity index (χ0n) is 14.8. The van der Waals surface area contributed by atoms with E-state index in [9.17, 15) is 4.79 Å². The van der Waals surface area contributed by atoms with Crippen LogP contribution in [0.5, 0.6) is 0 Å². The Balaban J connectivity index is 1.39. The lowest BCUT2D eigenvalue weighted by atomic mass is 9.88. The van der Waals surface area contributed by atoms with Gasteiger partial charge in [-0.15, -0.1) is 0 Å². The van der Waals surface area contributed by atoms with Gasteiger partial charge in [0.1, 0.15) is 5.82 Å². The summed E-state index contributed by atoms with van der Waals surface area (Å²) in [6, 6.07) is 5.68. The molecule has 1 atom stereocenters. The first-order valence-electron chi connectivity index (χ1n) is 9.05. The van der Waals surface area contributed by atoms with Crippen LogP contribution in [0.4, 0.5) is 5.69 Å². The number of aryl methyl sites for hydroxylation is 2. The van der Waals surface area contributed by atoms with Crippen molar-refractivity contribution in [1.82, 2.24) is 14.9 Å². The van der Waals surface area contributed by atoms with Crippen LogP contribution in [0.2, 0.25) is 10.0 Å². The average molecular weight is 393 g/mol. The third-order valence-electron chi connectivity index (χ3n) is 5.38. The van der Waals surface area contributed by atoms with Gasteiger partial charge in [0.25, 0.3) is 0 Å². The molecule has 0 radical (unpaired) electrons. The molecule has 1 unspecified atom stereocenters. The van der Waals surface area contributed by atoms with E-state index in [2.05, 4.69) is 14.9 Å². The fraction of sp³-hybridized carbons (Fsp3) is 0.474. The fourth-order valence-corrected chi connectivity index (χ4v) is 4.41. The van der Waals surface area contributed by atoms with Crippen molar-refractivity contribution in [3.05, 3.63) is 45.5 Å². The molecule has 1 aromatic carbocycles. The zero-order valence-corrected chi connectivity index (χ0v) is 16.3. The number of amides is 1. The number of H-pyrrole nitrogens is 1. The Morgan fingerprint density at radius 3 is 2.77 bits per heavy atom. The summed E-state index contributed by atoms with van der Waals surface area (Å²) in [6.45, 7) is 4.94. The number of imidazole rings is 1. The lowest BCUT2D eigenvalue weighted by molar-refractivity contribution is -0.136. The molecule has 0 saturated carbocycles. The van der Waals surface area contributed by atoms with Crippen molar-refractivity contribution in [2.24, 2.45) is 5.92 Å². The summed E-state index contributed by atoms with van der Waals surface area (Å²) in [5.41, 5.74) is 3.21. The minimum absolute atomic E-state index is 0.0589. The van der Waals surface area contributed by atoms with E-state index in [1.165, 1.54) is 0 Å². The van der Waals surface area contributed by atoms with Crippen molar-refractivity contribution in [1.29, 1.82) is 0 Å². The van der Waals surface area contributed by atoms with Crippen molar-refractivity contribution in [3.63, 3.8) is 0 Å². The highest BCUT2D eigenvalue weighted by Crippen LogP contribution is 2.33. The molecular weight excluding hydrogens is 371 g/mol. The first-order valence-corrected chi connectivity index (χ1v) is 9.80. The van der Waals surface area contributed by atoms with Crippen LogP contribution in [0.1, 0.15) is 23.6 Å². The van der Waals surface area contributed by atoms with Crippen LogP contribution in [0.3, 0.4) is 0 Å². The summed E-state index contributed by atoms with van der Waals surface area (Å²) in [4.78, 5) is 25.0. The largest absolute Gasteiger partial charge is 0.367 e. The quantitative estimate of drug-likeness (QED) is 0.850. The molecule has 0 bridgehead atoms. The predicted molar refractivity (Wildman–Crippen MR) is 104 cm³/mol. The summed E-state index contributed by atoms with van der Waals surface area (Å²) in [5, 5.41) is 1.15. The molecule has 7 heteroatoms. The Kier molecular flexibility index (Phi) is 4.84. The highest BCUT2D eigenvalue weighted by atomic mass is 35.5. The van der Waals surface area contributed by atoms with Gasteiger partial charge in [-0.2, -0.15) is 0 Å². The minimum atomic E-state index is 0.0589. The fourth-order valence-electron chi connectivity index (χ4n) is 4.00. The van der Waals surface area contributed by atoms with Gasteiger partial charge in [-0.1, -0.05) is 29.3 Å². The van der Waals surface area contributed by atoms with Gasteiger partial charge in [-0.25, -0.2) is 4.98 Å². The molecule has 1 saturated heterocycles. The molecule has 1 aliphatic heterocycles. The smallest absolute Gasteiger partial charge is 0.226 e. The van der Waals surface area contributed by atoms with Crippen LogP contribution in [-0.2, 0) is 17.6 Å². The van der Waals surface area contributed by atoms with Crippen LogP contribution in [0, 0.1) is 12.8 Å². The lowest BCUT2D eigenvalue weighted by Crippen LogP contribution is -2.51. The van der Waals surface area contributed by atoms with Crippen molar-refractivity contribution in [2.75, 3.05) is 31.1 Å². The summed E-state index contributed by atoms with van der Waals surface area (Å²) in [5.74, 6) is 1.26. The summed E-state index contributed by atoms with van der Waals surface area (Å²) in [6.07, 6.45) is 2.54. The van der Waals surface area contributed by atoms with Crippen molar-refractivity contribution in [2.45, 2.75) is 26.2 Å². The van der Waals surface area contributed by atoms with Gasteiger partial charge in [0.2, 0.25) is 5.91 Å². The van der Waals surface area contributed by atoms with E-state index in [0.29, 0.717) is 23.1 Å². The van der Waals surface area contributed by atoms with Gasteiger partial charge >= 0.3 is 0 Å². The van der Waals surface area contributed by atoms with Crippen LogP contribution in [0.25, 0.3) is 0 Å². The van der Waals surface area contributed by atoms with Crippen molar-refractivity contribution >= 4 is 34.8 Å². The number of nitrogens with zero attached hydrogens (tertiary/aromatic N) is 3. The second-order valence-corrected chi connectivity index (χ2v) is 7.86. The number of fused-ring (bicyclic) bond motifs is 1. The molecule has 5 nitrogen and oxygen atoms in total. The normalized spacial score (nSPS) is 20.2. The van der Waals surface area contributed by atoms with Crippen LogP contribution >= 0.6 is 23.2 Å².